The Morgan fingerprint density at radius 2 is 1.68 bits per heavy atom. The van der Waals surface area contributed by atoms with Crippen molar-refractivity contribution in [2.24, 2.45) is 0 Å². The van der Waals surface area contributed by atoms with Gasteiger partial charge in [-0.25, -0.2) is 10.3 Å². The van der Waals surface area contributed by atoms with Crippen molar-refractivity contribution in [2.75, 3.05) is 18.4 Å². The molecule has 0 aliphatic carbocycles. The molecule has 3 aromatic carbocycles. The number of fused-ring (bicyclic) bond motifs is 1. The number of benzene rings is 3. The van der Waals surface area contributed by atoms with Gasteiger partial charge in [0.1, 0.15) is 6.61 Å². The number of carbonyl (C=O) groups excluding carboxylic acids is 2. The van der Waals surface area contributed by atoms with Crippen LogP contribution in [0.1, 0.15) is 35.3 Å². The predicted octanol–water partition coefficient (Wildman–Crippen LogP) is 4.55. The van der Waals surface area contributed by atoms with Crippen molar-refractivity contribution in [2.45, 2.75) is 27.0 Å². The number of nitrogens with zero attached hydrogens (tertiary/aromatic N) is 1. The average Bonchev–Trinajstić information content (AvgIpc) is 2.81. The lowest BCUT2D eigenvalue weighted by molar-refractivity contribution is 0.0706. The molecule has 0 saturated carbocycles. The molecular formula is C24H27N3O4. The maximum atomic E-state index is 12.3. The van der Waals surface area contributed by atoms with Crippen molar-refractivity contribution in [3.8, 4) is 0 Å². The van der Waals surface area contributed by atoms with Gasteiger partial charge in [0.15, 0.2) is 0 Å². The van der Waals surface area contributed by atoms with E-state index < -0.39 is 12.0 Å². The van der Waals surface area contributed by atoms with Gasteiger partial charge in [-0.1, -0.05) is 50.2 Å². The maximum absolute atomic E-state index is 12.3. The largest absolute Gasteiger partial charge is 0.444 e. The van der Waals surface area contributed by atoms with Crippen LogP contribution in [0.15, 0.2) is 60.7 Å². The lowest BCUT2D eigenvalue weighted by atomic mass is 9.98. The number of hydrogen-bond acceptors (Lipinski definition) is 5. The highest BCUT2D eigenvalue weighted by molar-refractivity contribution is 5.94. The summed E-state index contributed by atoms with van der Waals surface area (Å²) in [4.78, 5) is 26.0. The molecular weight excluding hydrogens is 394 g/mol. The van der Waals surface area contributed by atoms with Crippen LogP contribution >= 0.6 is 0 Å². The summed E-state index contributed by atoms with van der Waals surface area (Å²) < 4.78 is 5.48. The molecule has 7 heteroatoms. The second-order valence-electron chi connectivity index (χ2n) is 7.11. The number of nitrogens with one attached hydrogen (secondary N) is 2. The summed E-state index contributed by atoms with van der Waals surface area (Å²) in [6, 6.07) is 18.4. The van der Waals surface area contributed by atoms with Gasteiger partial charge in [0.25, 0.3) is 5.91 Å². The molecule has 0 unspecified atom stereocenters. The molecule has 0 aliphatic heterocycles. The highest BCUT2D eigenvalue weighted by atomic mass is 16.5. The molecule has 2 amide bonds. The lowest BCUT2D eigenvalue weighted by Gasteiger charge is -2.22. The van der Waals surface area contributed by atoms with Crippen molar-refractivity contribution in [1.82, 2.24) is 10.4 Å². The summed E-state index contributed by atoms with van der Waals surface area (Å²) in [6.45, 7) is 7.07. The van der Waals surface area contributed by atoms with Crippen molar-refractivity contribution in [3.63, 3.8) is 0 Å². The van der Waals surface area contributed by atoms with Crippen LogP contribution in [0.4, 0.5) is 10.5 Å². The van der Waals surface area contributed by atoms with Crippen LogP contribution in [-0.4, -0.2) is 35.2 Å². The summed E-state index contributed by atoms with van der Waals surface area (Å²) in [5, 5.41) is 13.6. The molecule has 0 aliphatic rings. The summed E-state index contributed by atoms with van der Waals surface area (Å²) in [6.07, 6.45) is -0.582. The Labute approximate surface area is 181 Å². The first-order valence-electron chi connectivity index (χ1n) is 10.3. The zero-order valence-electron chi connectivity index (χ0n) is 17.7. The molecule has 0 fully saturated rings. The maximum Gasteiger partial charge on any atom is 0.411 e. The smallest absolute Gasteiger partial charge is 0.411 e. The molecule has 0 saturated heterocycles. The number of anilines is 1. The van der Waals surface area contributed by atoms with Crippen LogP contribution in [-0.2, 0) is 17.9 Å². The second-order valence-corrected chi connectivity index (χ2v) is 7.11. The third kappa shape index (κ3) is 5.59. The van der Waals surface area contributed by atoms with E-state index in [1.54, 1.807) is 17.6 Å². The van der Waals surface area contributed by atoms with Crippen LogP contribution < -0.4 is 10.8 Å². The number of hydrogen-bond donors (Lipinski definition) is 3. The molecule has 0 spiro atoms. The topological polar surface area (TPSA) is 90.9 Å². The summed E-state index contributed by atoms with van der Waals surface area (Å²) in [5.41, 5.74) is 4.46. The minimum Gasteiger partial charge on any atom is -0.444 e. The van der Waals surface area contributed by atoms with Gasteiger partial charge in [-0.2, -0.15) is 0 Å². The van der Waals surface area contributed by atoms with Gasteiger partial charge in [0.05, 0.1) is 0 Å². The van der Waals surface area contributed by atoms with E-state index in [0.717, 1.165) is 41.5 Å². The van der Waals surface area contributed by atoms with Crippen LogP contribution in [0.25, 0.3) is 10.8 Å². The van der Waals surface area contributed by atoms with Crippen LogP contribution in [0.3, 0.4) is 0 Å². The standard InChI is InChI=1S/C24H27N3O4/c1-3-27(4-2)15-22-19(10-9-17-7-5-6-8-21(17)22)16-31-24(29)25-20-13-11-18(12-14-20)23(28)26-30/h5-14,30H,3-4,15-16H2,1-2H3,(H,25,29)(H,26,28). The van der Waals surface area contributed by atoms with E-state index in [1.165, 1.54) is 12.1 Å². The molecule has 31 heavy (non-hydrogen) atoms. The number of carbonyl (C=O) groups is 2. The van der Waals surface area contributed by atoms with Crippen molar-refractivity contribution >= 4 is 28.5 Å². The molecule has 3 rings (SSSR count). The van der Waals surface area contributed by atoms with Gasteiger partial charge < -0.3 is 4.74 Å². The van der Waals surface area contributed by atoms with Gasteiger partial charge in [0.2, 0.25) is 0 Å². The Balaban J connectivity index is 1.72. The Morgan fingerprint density at radius 3 is 2.35 bits per heavy atom. The van der Waals surface area contributed by atoms with Gasteiger partial charge in [-0.3, -0.25) is 20.2 Å². The van der Waals surface area contributed by atoms with E-state index in [-0.39, 0.29) is 12.2 Å². The minimum absolute atomic E-state index is 0.151. The van der Waals surface area contributed by atoms with E-state index in [0.29, 0.717) is 5.69 Å². The number of ether oxygens (including phenoxy) is 1. The van der Waals surface area contributed by atoms with Crippen LogP contribution in [0, 0.1) is 0 Å². The summed E-state index contributed by atoms with van der Waals surface area (Å²) in [7, 11) is 0. The average molecular weight is 421 g/mol. The first-order valence-corrected chi connectivity index (χ1v) is 10.3. The normalized spacial score (nSPS) is 10.8. The first-order chi connectivity index (χ1) is 15.0. The second kappa shape index (κ2) is 10.6. The zero-order chi connectivity index (χ0) is 22.2. The summed E-state index contributed by atoms with van der Waals surface area (Å²) >= 11 is 0. The molecule has 3 aromatic rings. The van der Waals surface area contributed by atoms with Gasteiger partial charge in [-0.05, 0) is 59.3 Å². The molecule has 3 N–H and O–H groups in total. The molecule has 0 heterocycles. The van der Waals surface area contributed by atoms with Gasteiger partial charge in [-0.15, -0.1) is 0 Å². The monoisotopic (exact) mass is 421 g/mol. The third-order valence-electron chi connectivity index (χ3n) is 5.27. The minimum atomic E-state index is -0.619. The van der Waals surface area contributed by atoms with E-state index >= 15 is 0 Å². The van der Waals surface area contributed by atoms with Crippen molar-refractivity contribution in [3.05, 3.63) is 77.4 Å². The third-order valence-corrected chi connectivity index (χ3v) is 5.27. The van der Waals surface area contributed by atoms with E-state index in [1.807, 2.05) is 24.3 Å². The first kappa shape index (κ1) is 22.3. The Hall–Kier alpha value is -3.42. The van der Waals surface area contributed by atoms with E-state index in [9.17, 15) is 9.59 Å². The highest BCUT2D eigenvalue weighted by Gasteiger charge is 2.13. The number of rotatable bonds is 8. The van der Waals surface area contributed by atoms with E-state index in [4.69, 9.17) is 9.94 Å². The predicted molar refractivity (Wildman–Crippen MR) is 120 cm³/mol. The quantitative estimate of drug-likeness (QED) is 0.367. The molecule has 0 radical (unpaired) electrons. The van der Waals surface area contributed by atoms with Crippen LogP contribution in [0.5, 0.6) is 0 Å². The number of hydroxylamine groups is 1. The Morgan fingerprint density at radius 1 is 0.968 bits per heavy atom. The molecule has 0 aromatic heterocycles. The van der Waals surface area contributed by atoms with Crippen molar-refractivity contribution in [1.29, 1.82) is 0 Å². The highest BCUT2D eigenvalue weighted by Crippen LogP contribution is 2.25. The van der Waals surface area contributed by atoms with Gasteiger partial charge in [0, 0.05) is 17.8 Å². The summed E-state index contributed by atoms with van der Waals surface area (Å²) in [5.74, 6) is -0.619. The van der Waals surface area contributed by atoms with Gasteiger partial charge >= 0.3 is 6.09 Å². The Kier molecular flexibility index (Phi) is 7.59. The fourth-order valence-corrected chi connectivity index (χ4v) is 3.44. The molecule has 0 bridgehead atoms. The Bertz CT molecular complexity index is 1050. The lowest BCUT2D eigenvalue weighted by Crippen LogP contribution is -2.23. The van der Waals surface area contributed by atoms with E-state index in [2.05, 4.69) is 36.2 Å². The molecule has 7 nitrogen and oxygen atoms in total. The molecule has 162 valence electrons. The number of amides is 2. The fourth-order valence-electron chi connectivity index (χ4n) is 3.44. The molecule has 0 atom stereocenters. The van der Waals surface area contributed by atoms with Crippen LogP contribution in [0.2, 0.25) is 0 Å². The SMILES string of the molecule is CCN(CC)Cc1c(COC(=O)Nc2ccc(C(=O)NO)cc2)ccc2ccccc12. The fraction of sp³-hybridized carbons (Fsp3) is 0.250. The van der Waals surface area contributed by atoms with Crippen molar-refractivity contribution < 1.29 is 19.5 Å². The zero-order valence-corrected chi connectivity index (χ0v) is 17.7.